The Balaban J connectivity index is 2.21. The maximum atomic E-state index is 13.7. The first kappa shape index (κ1) is 14.6. The number of alkyl halides is 1. The first-order valence-corrected chi connectivity index (χ1v) is 6.88. The van der Waals surface area contributed by atoms with Crippen molar-refractivity contribution in [3.05, 3.63) is 34.6 Å². The highest BCUT2D eigenvalue weighted by Crippen LogP contribution is 2.20. The smallest absolute Gasteiger partial charge is 0.257 e. The topological polar surface area (TPSA) is 29.5 Å². The number of halogens is 3. The fraction of sp³-hybridized carbons (Fsp3) is 0.462. The van der Waals surface area contributed by atoms with E-state index in [-0.39, 0.29) is 23.7 Å². The predicted molar refractivity (Wildman–Crippen MR) is 72.4 cm³/mol. The molecule has 2 atom stereocenters. The first-order valence-electron chi connectivity index (χ1n) is 5.97. The summed E-state index contributed by atoms with van der Waals surface area (Å²) in [6.45, 7) is 2.63. The highest BCUT2D eigenvalue weighted by Gasteiger charge is 2.29. The van der Waals surface area contributed by atoms with Crippen LogP contribution >= 0.6 is 23.2 Å². The molecule has 0 aromatic heterocycles. The molecule has 0 saturated carbocycles. The summed E-state index contributed by atoms with van der Waals surface area (Å²) >= 11 is 11.6. The third kappa shape index (κ3) is 3.38. The van der Waals surface area contributed by atoms with E-state index in [1.165, 1.54) is 18.2 Å². The van der Waals surface area contributed by atoms with E-state index in [4.69, 9.17) is 27.9 Å². The minimum atomic E-state index is -0.573. The number of hydrogen-bond acceptors (Lipinski definition) is 2. The van der Waals surface area contributed by atoms with Crippen molar-refractivity contribution in [3.8, 4) is 0 Å². The maximum absolute atomic E-state index is 13.7. The Morgan fingerprint density at radius 1 is 1.53 bits per heavy atom. The summed E-state index contributed by atoms with van der Waals surface area (Å²) in [6, 6.07) is 3.95. The summed E-state index contributed by atoms with van der Waals surface area (Å²) in [6.07, 6.45) is -0.347. The van der Waals surface area contributed by atoms with Crippen LogP contribution in [0.1, 0.15) is 17.3 Å². The quantitative estimate of drug-likeness (QED) is 0.786. The van der Waals surface area contributed by atoms with Gasteiger partial charge in [0, 0.05) is 18.1 Å². The molecule has 6 heteroatoms. The minimum Gasteiger partial charge on any atom is -0.370 e. The van der Waals surface area contributed by atoms with E-state index >= 15 is 0 Å². The molecule has 1 heterocycles. The molecule has 1 aliphatic heterocycles. The largest absolute Gasteiger partial charge is 0.370 e. The summed E-state index contributed by atoms with van der Waals surface area (Å²) < 4.78 is 19.2. The van der Waals surface area contributed by atoms with Gasteiger partial charge in [-0.05, 0) is 25.1 Å². The van der Waals surface area contributed by atoms with Crippen molar-refractivity contribution in [2.45, 2.75) is 19.1 Å². The van der Waals surface area contributed by atoms with Crippen LogP contribution in [0.15, 0.2) is 18.2 Å². The van der Waals surface area contributed by atoms with Crippen LogP contribution in [0.4, 0.5) is 4.39 Å². The zero-order valence-electron chi connectivity index (χ0n) is 10.4. The second-order valence-electron chi connectivity index (χ2n) is 4.56. The van der Waals surface area contributed by atoms with Gasteiger partial charge in [0.15, 0.2) is 0 Å². The Labute approximate surface area is 121 Å². The van der Waals surface area contributed by atoms with Gasteiger partial charge in [-0.25, -0.2) is 4.39 Å². The number of rotatable bonds is 2. The molecule has 1 amide bonds. The Morgan fingerprint density at radius 3 is 2.95 bits per heavy atom. The molecule has 3 nitrogen and oxygen atoms in total. The van der Waals surface area contributed by atoms with Gasteiger partial charge in [0.1, 0.15) is 5.82 Å². The van der Waals surface area contributed by atoms with Crippen molar-refractivity contribution >= 4 is 29.1 Å². The number of benzene rings is 1. The molecule has 0 spiro atoms. The van der Waals surface area contributed by atoms with Gasteiger partial charge in [-0.2, -0.15) is 0 Å². The van der Waals surface area contributed by atoms with E-state index in [0.29, 0.717) is 24.0 Å². The van der Waals surface area contributed by atoms with Crippen molar-refractivity contribution in [1.29, 1.82) is 0 Å². The van der Waals surface area contributed by atoms with Crippen LogP contribution < -0.4 is 0 Å². The number of ether oxygens (including phenoxy) is 1. The summed E-state index contributed by atoms with van der Waals surface area (Å²) in [7, 11) is 0. The molecule has 19 heavy (non-hydrogen) atoms. The van der Waals surface area contributed by atoms with Crippen LogP contribution in [-0.2, 0) is 4.74 Å². The number of nitrogens with zero attached hydrogens (tertiary/aromatic N) is 1. The summed E-state index contributed by atoms with van der Waals surface area (Å²) in [5.41, 5.74) is -0.0186. The molecule has 104 valence electrons. The normalized spacial score (nSPS) is 23.5. The number of morpholine rings is 1. The average Bonchev–Trinajstić information content (AvgIpc) is 2.40. The van der Waals surface area contributed by atoms with E-state index < -0.39 is 5.82 Å². The van der Waals surface area contributed by atoms with Crippen molar-refractivity contribution in [2.75, 3.05) is 19.0 Å². The van der Waals surface area contributed by atoms with Crippen LogP contribution in [0.2, 0.25) is 5.02 Å². The number of carbonyl (C=O) groups excluding carboxylic acids is 1. The van der Waals surface area contributed by atoms with Crippen molar-refractivity contribution < 1.29 is 13.9 Å². The van der Waals surface area contributed by atoms with Gasteiger partial charge in [0.05, 0.1) is 23.7 Å². The van der Waals surface area contributed by atoms with Crippen molar-refractivity contribution in [1.82, 2.24) is 4.90 Å². The van der Waals surface area contributed by atoms with Gasteiger partial charge < -0.3 is 9.64 Å². The number of hydrogen-bond donors (Lipinski definition) is 0. The number of amides is 1. The third-order valence-corrected chi connectivity index (χ3v) is 3.52. The molecule has 0 bridgehead atoms. The standard InChI is InChI=1S/C13H14Cl2FNO2/c1-8-6-17(7-10(5-14)19-8)13(18)11-4-9(15)2-3-12(11)16/h2-4,8,10H,5-7H2,1H3. The van der Waals surface area contributed by atoms with Gasteiger partial charge >= 0.3 is 0 Å². The average molecular weight is 306 g/mol. The van der Waals surface area contributed by atoms with Gasteiger partial charge in [-0.1, -0.05) is 11.6 Å². The molecule has 1 saturated heterocycles. The second kappa shape index (κ2) is 6.07. The highest BCUT2D eigenvalue weighted by molar-refractivity contribution is 6.31. The second-order valence-corrected chi connectivity index (χ2v) is 5.30. The van der Waals surface area contributed by atoms with E-state index in [9.17, 15) is 9.18 Å². The fourth-order valence-electron chi connectivity index (χ4n) is 2.13. The van der Waals surface area contributed by atoms with Gasteiger partial charge in [0.2, 0.25) is 0 Å². The molecule has 1 fully saturated rings. The molecule has 1 aromatic rings. The highest BCUT2D eigenvalue weighted by atomic mass is 35.5. The van der Waals surface area contributed by atoms with Crippen LogP contribution in [0, 0.1) is 5.82 Å². The lowest BCUT2D eigenvalue weighted by molar-refractivity contribution is -0.0571. The Hall–Kier alpha value is -0.840. The molecule has 2 unspecified atom stereocenters. The zero-order chi connectivity index (χ0) is 14.0. The van der Waals surface area contributed by atoms with E-state index in [1.54, 1.807) is 4.90 Å². The molecule has 1 aromatic carbocycles. The molecular formula is C13H14Cl2FNO2. The summed E-state index contributed by atoms with van der Waals surface area (Å²) in [4.78, 5) is 13.9. The van der Waals surface area contributed by atoms with Crippen molar-refractivity contribution in [2.24, 2.45) is 0 Å². The zero-order valence-corrected chi connectivity index (χ0v) is 11.9. The monoisotopic (exact) mass is 305 g/mol. The molecule has 0 N–H and O–H groups in total. The molecule has 0 radical (unpaired) electrons. The van der Waals surface area contributed by atoms with E-state index in [0.717, 1.165) is 0 Å². The van der Waals surface area contributed by atoms with E-state index in [1.807, 2.05) is 6.92 Å². The predicted octanol–water partition coefficient (Wildman–Crippen LogP) is 2.95. The summed E-state index contributed by atoms with van der Waals surface area (Å²) in [5, 5.41) is 0.333. The lowest BCUT2D eigenvalue weighted by atomic mass is 10.1. The maximum Gasteiger partial charge on any atom is 0.257 e. The number of carbonyl (C=O) groups is 1. The fourth-order valence-corrected chi connectivity index (χ4v) is 2.47. The van der Waals surface area contributed by atoms with Crippen LogP contribution in [-0.4, -0.2) is 42.0 Å². The van der Waals surface area contributed by atoms with Gasteiger partial charge in [-0.3, -0.25) is 4.79 Å². The first-order chi connectivity index (χ1) is 9.01. The molecule has 0 aliphatic carbocycles. The molecule has 2 rings (SSSR count). The lowest BCUT2D eigenvalue weighted by Crippen LogP contribution is -2.50. The Kier molecular flexibility index (Phi) is 4.66. The van der Waals surface area contributed by atoms with Crippen LogP contribution in [0.5, 0.6) is 0 Å². The molecular weight excluding hydrogens is 292 g/mol. The molecule has 1 aliphatic rings. The summed E-state index contributed by atoms with van der Waals surface area (Å²) in [5.74, 6) is -0.659. The Morgan fingerprint density at radius 2 is 2.26 bits per heavy atom. The van der Waals surface area contributed by atoms with Crippen LogP contribution in [0.3, 0.4) is 0 Å². The van der Waals surface area contributed by atoms with Crippen LogP contribution in [0.25, 0.3) is 0 Å². The van der Waals surface area contributed by atoms with E-state index in [2.05, 4.69) is 0 Å². The third-order valence-electron chi connectivity index (χ3n) is 2.94. The lowest BCUT2D eigenvalue weighted by Gasteiger charge is -2.36. The minimum absolute atomic E-state index is 0.0186. The Bertz CT molecular complexity index is 484. The SMILES string of the molecule is CC1CN(C(=O)c2cc(Cl)ccc2F)CC(CCl)O1. The van der Waals surface area contributed by atoms with Gasteiger partial charge in [0.25, 0.3) is 5.91 Å². The van der Waals surface area contributed by atoms with Crippen molar-refractivity contribution in [3.63, 3.8) is 0 Å². The van der Waals surface area contributed by atoms with Gasteiger partial charge in [-0.15, -0.1) is 11.6 Å².